The molecule has 0 amide bonds. The van der Waals surface area contributed by atoms with Crippen LogP contribution in [-0.4, -0.2) is 43.8 Å². The Morgan fingerprint density at radius 3 is 2.70 bits per heavy atom. The molecule has 0 bridgehead atoms. The third-order valence-corrected chi connectivity index (χ3v) is 6.05. The van der Waals surface area contributed by atoms with Gasteiger partial charge in [-0.3, -0.25) is 4.79 Å². The fourth-order valence-electron chi connectivity index (χ4n) is 3.36. The number of allylic oxidation sites excluding steroid dienone is 3. The summed E-state index contributed by atoms with van der Waals surface area (Å²) in [7, 11) is 0. The number of hydrogen-bond acceptors (Lipinski definition) is 7. The first-order valence-corrected chi connectivity index (χ1v) is 10.2. The lowest BCUT2D eigenvalue weighted by molar-refractivity contribution is -0.438. The monoisotopic (exact) mass is 504 g/mol. The van der Waals surface area contributed by atoms with Crippen LogP contribution in [0.1, 0.15) is 25.8 Å². The average molecular weight is 504 g/mol. The van der Waals surface area contributed by atoms with E-state index in [2.05, 4.69) is 56.5 Å². The van der Waals surface area contributed by atoms with Crippen LogP contribution in [0.3, 0.4) is 0 Å². The average Bonchev–Trinajstić information content (AvgIpc) is 2.85. The fraction of sp³-hybridized carbons (Fsp3) is 0.333. The number of halogens is 1. The molecule has 1 aliphatic heterocycles. The number of carbonyl (C=O) groups excluding carboxylic acids is 1. The van der Waals surface area contributed by atoms with E-state index < -0.39 is 11.5 Å². The van der Waals surface area contributed by atoms with Gasteiger partial charge in [0.1, 0.15) is 6.54 Å². The minimum absolute atomic E-state index is 0.120. The molecule has 2 aliphatic rings. The normalized spacial score (nSPS) is 19.7. The minimum Gasteiger partial charge on any atom is -0.504 e. The van der Waals surface area contributed by atoms with Crippen LogP contribution in [0.25, 0.3) is 0 Å². The van der Waals surface area contributed by atoms with Crippen LogP contribution in [0.4, 0.5) is 5.69 Å². The maximum Gasteiger partial charge on any atom is 0.235 e. The number of Topliss-reactive ketones (excluding diaryl/α,β-unsaturated/α-hetero) is 1. The van der Waals surface area contributed by atoms with E-state index in [0.29, 0.717) is 12.3 Å². The third-order valence-electron chi connectivity index (χ3n) is 4.76. The molecule has 1 heterocycles. The van der Waals surface area contributed by atoms with Gasteiger partial charge in [0.2, 0.25) is 17.2 Å². The first-order valence-electron chi connectivity index (χ1n) is 8.22. The Kier molecular flexibility index (Phi) is 5.96. The molecule has 1 aromatic rings. The molecule has 3 N–H and O–H groups in total. The molecule has 0 saturated heterocycles. The molecule has 1 aliphatic carbocycles. The van der Waals surface area contributed by atoms with E-state index >= 15 is 0 Å². The Labute approximate surface area is 174 Å². The molecular weight excluding hydrogens is 485 g/mol. The van der Waals surface area contributed by atoms with Crippen molar-refractivity contribution in [3.63, 3.8) is 0 Å². The smallest absolute Gasteiger partial charge is 0.235 e. The third kappa shape index (κ3) is 3.66. The highest BCUT2D eigenvalue weighted by atomic mass is 127. The van der Waals surface area contributed by atoms with Gasteiger partial charge in [-0.25, -0.2) is 5.26 Å². The van der Waals surface area contributed by atoms with E-state index in [0.717, 1.165) is 39.0 Å². The molecule has 1 aromatic carbocycles. The summed E-state index contributed by atoms with van der Waals surface area (Å²) in [5, 5.41) is 31.1. The summed E-state index contributed by atoms with van der Waals surface area (Å²) in [4.78, 5) is 11.9. The standard InChI is InChI=1S/C18H18INO6S/c1-18(2)12-8-10(19)4-5-13(12)20(6-3-7-27-26-25-24)14(18)9-11-15(21)17(23)16(11)22/h4-5,8-9H,3,6-7H2,1-2H3,(H2,21,22,24)/p+1. The molecule has 0 radical (unpaired) electrons. The van der Waals surface area contributed by atoms with E-state index in [4.69, 9.17) is 5.26 Å². The number of carbonyl (C=O) groups is 1. The van der Waals surface area contributed by atoms with Crippen molar-refractivity contribution in [3.8, 4) is 0 Å². The Bertz CT molecular complexity index is 890. The van der Waals surface area contributed by atoms with Crippen LogP contribution < -0.4 is 0 Å². The van der Waals surface area contributed by atoms with Gasteiger partial charge in [0, 0.05) is 45.5 Å². The van der Waals surface area contributed by atoms with Gasteiger partial charge in [0.05, 0.1) is 11.0 Å². The van der Waals surface area contributed by atoms with E-state index in [1.165, 1.54) is 0 Å². The zero-order valence-electron chi connectivity index (χ0n) is 14.7. The van der Waals surface area contributed by atoms with E-state index in [-0.39, 0.29) is 16.7 Å². The molecule has 7 nitrogen and oxygen atoms in total. The van der Waals surface area contributed by atoms with Crippen molar-refractivity contribution < 1.29 is 34.2 Å². The second-order valence-corrected chi connectivity index (χ2v) is 8.75. The number of nitrogens with zero attached hydrogens (tertiary/aromatic N) is 1. The number of fused-ring (bicyclic) bond motifs is 1. The van der Waals surface area contributed by atoms with Gasteiger partial charge < -0.3 is 10.2 Å². The van der Waals surface area contributed by atoms with Gasteiger partial charge in [0.25, 0.3) is 0 Å². The highest BCUT2D eigenvalue weighted by Crippen LogP contribution is 2.42. The zero-order chi connectivity index (χ0) is 19.8. The number of hydrogen-bond donors (Lipinski definition) is 3. The van der Waals surface area contributed by atoms with Crippen molar-refractivity contribution in [2.24, 2.45) is 0 Å². The topological polar surface area (TPSA) is 99.2 Å². The van der Waals surface area contributed by atoms with Gasteiger partial charge in [-0.05, 0) is 48.6 Å². The summed E-state index contributed by atoms with van der Waals surface area (Å²) in [6.45, 7) is 4.77. The SMILES string of the molecule is CC1(C)C(C=C2C(=O)C(O)=C2O)=[N+](CCCSOOO)c2ccc(I)cc21. The highest BCUT2D eigenvalue weighted by Gasteiger charge is 2.46. The lowest BCUT2D eigenvalue weighted by atomic mass is 9.79. The molecule has 0 saturated carbocycles. The summed E-state index contributed by atoms with van der Waals surface area (Å²) < 4.78 is 7.62. The highest BCUT2D eigenvalue weighted by molar-refractivity contribution is 14.1. The number of ketones is 1. The van der Waals surface area contributed by atoms with Gasteiger partial charge >= 0.3 is 0 Å². The van der Waals surface area contributed by atoms with E-state index in [1.54, 1.807) is 6.08 Å². The van der Waals surface area contributed by atoms with Gasteiger partial charge in [-0.2, -0.15) is 4.58 Å². The zero-order valence-corrected chi connectivity index (χ0v) is 17.7. The van der Waals surface area contributed by atoms with Crippen molar-refractivity contribution in [1.82, 2.24) is 0 Å². The molecule has 27 heavy (non-hydrogen) atoms. The molecule has 3 rings (SSSR count). The Morgan fingerprint density at radius 2 is 2.04 bits per heavy atom. The van der Waals surface area contributed by atoms with Crippen LogP contribution in [0.5, 0.6) is 0 Å². The van der Waals surface area contributed by atoms with Crippen LogP contribution in [-0.2, 0) is 19.6 Å². The van der Waals surface area contributed by atoms with Crippen LogP contribution in [0, 0.1) is 3.57 Å². The van der Waals surface area contributed by atoms with Crippen molar-refractivity contribution in [1.29, 1.82) is 0 Å². The van der Waals surface area contributed by atoms with Crippen LogP contribution in [0.15, 0.2) is 41.4 Å². The van der Waals surface area contributed by atoms with E-state index in [1.807, 2.05) is 12.1 Å². The van der Waals surface area contributed by atoms with Crippen LogP contribution >= 0.6 is 34.6 Å². The lowest BCUT2D eigenvalue weighted by Crippen LogP contribution is -2.31. The predicted molar refractivity (Wildman–Crippen MR) is 109 cm³/mol. The molecule has 9 heteroatoms. The Morgan fingerprint density at radius 1 is 1.30 bits per heavy atom. The predicted octanol–water partition coefficient (Wildman–Crippen LogP) is 3.96. The molecule has 0 spiro atoms. The van der Waals surface area contributed by atoms with Crippen molar-refractivity contribution in [2.45, 2.75) is 25.7 Å². The summed E-state index contributed by atoms with van der Waals surface area (Å²) in [6, 6.07) is 6.18. The maximum absolute atomic E-state index is 11.9. The molecular formula is C18H19INO6S+. The molecule has 0 unspecified atom stereocenters. The quantitative estimate of drug-likeness (QED) is 0.0984. The second-order valence-electron chi connectivity index (χ2n) is 6.73. The lowest BCUT2D eigenvalue weighted by Gasteiger charge is -2.19. The summed E-state index contributed by atoms with van der Waals surface area (Å²) in [5.41, 5.74) is 2.77. The Balaban J connectivity index is 2.00. The number of aliphatic hydroxyl groups is 2. The molecule has 144 valence electrons. The number of aliphatic hydroxyl groups excluding tert-OH is 2. The maximum atomic E-state index is 11.9. The van der Waals surface area contributed by atoms with E-state index in [9.17, 15) is 15.0 Å². The molecule has 0 atom stereocenters. The van der Waals surface area contributed by atoms with Crippen molar-refractivity contribution in [3.05, 3.63) is 50.5 Å². The first kappa shape index (κ1) is 20.3. The first-order chi connectivity index (χ1) is 12.8. The Hall–Kier alpha value is -1.40. The minimum atomic E-state index is -0.589. The second kappa shape index (κ2) is 7.92. The van der Waals surface area contributed by atoms with Crippen LogP contribution in [0.2, 0.25) is 0 Å². The van der Waals surface area contributed by atoms with Gasteiger partial charge in [-0.1, -0.05) is 5.04 Å². The van der Waals surface area contributed by atoms with Crippen molar-refractivity contribution in [2.75, 3.05) is 12.3 Å². The van der Waals surface area contributed by atoms with Gasteiger partial charge in [-0.15, -0.1) is 4.33 Å². The fourth-order valence-corrected chi connectivity index (χ4v) is 4.21. The summed E-state index contributed by atoms with van der Waals surface area (Å²) >= 11 is 3.26. The largest absolute Gasteiger partial charge is 0.504 e. The number of benzene rings is 1. The number of rotatable bonds is 7. The summed E-state index contributed by atoms with van der Waals surface area (Å²) in [5.74, 6) is -0.914. The van der Waals surface area contributed by atoms with Crippen molar-refractivity contribution >= 4 is 51.8 Å². The molecule has 0 fully saturated rings. The van der Waals surface area contributed by atoms with Gasteiger partial charge in [0.15, 0.2) is 11.5 Å². The molecule has 0 aromatic heterocycles. The summed E-state index contributed by atoms with van der Waals surface area (Å²) in [6.07, 6.45) is 2.38.